The van der Waals surface area contributed by atoms with E-state index in [4.69, 9.17) is 37.8 Å². The Labute approximate surface area is 185 Å². The fourth-order valence-electron chi connectivity index (χ4n) is 3.03. The minimum atomic E-state index is -0.0884. The van der Waals surface area contributed by atoms with Crippen molar-refractivity contribution in [2.24, 2.45) is 5.92 Å². The molecular formula is C23H34Cl2O4. The molecule has 164 valence electrons. The van der Waals surface area contributed by atoms with E-state index in [1.807, 2.05) is 32.9 Å². The smallest absolute Gasteiger partial charge is 0.306 e. The van der Waals surface area contributed by atoms with Crippen LogP contribution in [0.1, 0.15) is 64.9 Å². The molecule has 2 rings (SSSR count). The zero-order valence-corrected chi connectivity index (χ0v) is 19.2. The number of carbonyl (C=O) groups excluding carboxylic acids is 1. The molecule has 6 heteroatoms. The maximum absolute atomic E-state index is 11.0. The van der Waals surface area contributed by atoms with E-state index in [9.17, 15) is 4.79 Å². The number of carbonyl (C=O) groups is 1. The summed E-state index contributed by atoms with van der Waals surface area (Å²) in [6, 6.07) is 5.33. The normalized spacial score (nSPS) is 18.6. The van der Waals surface area contributed by atoms with Crippen LogP contribution in [0.5, 0.6) is 5.75 Å². The van der Waals surface area contributed by atoms with Crippen LogP contribution in [0.2, 0.25) is 5.02 Å². The molecule has 0 saturated heterocycles. The number of rotatable bonds is 9. The second kappa shape index (κ2) is 14.7. The number of benzene rings is 1. The van der Waals surface area contributed by atoms with Gasteiger partial charge >= 0.3 is 5.97 Å². The van der Waals surface area contributed by atoms with E-state index >= 15 is 0 Å². The molecule has 2 atom stereocenters. The van der Waals surface area contributed by atoms with Crippen LogP contribution < -0.4 is 4.74 Å². The summed E-state index contributed by atoms with van der Waals surface area (Å²) in [4.78, 5) is 11.0. The molecule has 1 aromatic carbocycles. The number of hydrogen-bond donors (Lipinski definition) is 1. The summed E-state index contributed by atoms with van der Waals surface area (Å²) in [5.41, 5.74) is 0.772. The zero-order valence-electron chi connectivity index (χ0n) is 17.7. The zero-order chi connectivity index (χ0) is 21.6. The first-order valence-electron chi connectivity index (χ1n) is 10.3. The summed E-state index contributed by atoms with van der Waals surface area (Å²) in [7, 11) is 0. The maximum atomic E-state index is 11.0. The highest BCUT2D eigenvalue weighted by Crippen LogP contribution is 2.30. The maximum Gasteiger partial charge on any atom is 0.306 e. The topological polar surface area (TPSA) is 55.8 Å². The van der Waals surface area contributed by atoms with Crippen molar-refractivity contribution in [2.75, 3.05) is 6.61 Å². The minimum Gasteiger partial charge on any atom is -0.493 e. The van der Waals surface area contributed by atoms with Crippen LogP contribution >= 0.6 is 23.2 Å². The van der Waals surface area contributed by atoms with Crippen molar-refractivity contribution in [3.8, 4) is 5.75 Å². The Kier molecular flexibility index (Phi) is 13.1. The van der Waals surface area contributed by atoms with E-state index in [0.717, 1.165) is 43.4 Å². The molecule has 1 fully saturated rings. The largest absolute Gasteiger partial charge is 0.493 e. The monoisotopic (exact) mass is 444 g/mol. The summed E-state index contributed by atoms with van der Waals surface area (Å²) in [6.45, 7) is 6.36. The van der Waals surface area contributed by atoms with Crippen molar-refractivity contribution in [1.29, 1.82) is 0 Å². The van der Waals surface area contributed by atoms with Gasteiger partial charge in [0.1, 0.15) is 5.75 Å². The fourth-order valence-corrected chi connectivity index (χ4v) is 3.65. The van der Waals surface area contributed by atoms with Gasteiger partial charge in [-0.1, -0.05) is 23.8 Å². The van der Waals surface area contributed by atoms with Gasteiger partial charge in [-0.3, -0.25) is 4.79 Å². The molecule has 1 aliphatic carbocycles. The number of unbranched alkanes of at least 4 members (excludes halogenated alkanes) is 1. The average Bonchev–Trinajstić information content (AvgIpc) is 3.08. The molecule has 1 aromatic rings. The van der Waals surface area contributed by atoms with Crippen molar-refractivity contribution in [3.05, 3.63) is 40.9 Å². The van der Waals surface area contributed by atoms with Gasteiger partial charge in [0.2, 0.25) is 0 Å². The molecule has 1 saturated carbocycles. The van der Waals surface area contributed by atoms with E-state index in [1.165, 1.54) is 0 Å². The summed E-state index contributed by atoms with van der Waals surface area (Å²) < 4.78 is 10.7. The molecule has 1 N–H and O–H groups in total. The van der Waals surface area contributed by atoms with E-state index in [-0.39, 0.29) is 18.7 Å². The van der Waals surface area contributed by atoms with Crippen molar-refractivity contribution >= 4 is 29.2 Å². The second-order valence-electron chi connectivity index (χ2n) is 7.54. The Morgan fingerprint density at radius 1 is 1.31 bits per heavy atom. The first kappa shape index (κ1) is 25.8. The van der Waals surface area contributed by atoms with Crippen LogP contribution in [0.25, 0.3) is 0 Å². The predicted octanol–water partition coefficient (Wildman–Crippen LogP) is 6.30. The molecule has 0 spiro atoms. The third-order valence-electron chi connectivity index (χ3n) is 4.43. The number of ether oxygens (including phenoxy) is 2. The van der Waals surface area contributed by atoms with Gasteiger partial charge in [0.25, 0.3) is 0 Å². The molecule has 0 heterocycles. The number of allylic oxidation sites excluding steroid dienone is 2. The Hall–Kier alpha value is -1.23. The van der Waals surface area contributed by atoms with E-state index in [1.54, 1.807) is 12.1 Å². The second-order valence-corrected chi connectivity index (χ2v) is 8.59. The summed E-state index contributed by atoms with van der Waals surface area (Å²) in [6.07, 6.45) is 9.67. The van der Waals surface area contributed by atoms with Crippen LogP contribution in [-0.4, -0.2) is 29.2 Å². The van der Waals surface area contributed by atoms with Crippen LogP contribution in [0.4, 0.5) is 0 Å². The lowest BCUT2D eigenvalue weighted by Gasteiger charge is -2.12. The molecule has 0 radical (unpaired) electrons. The molecule has 0 bridgehead atoms. The molecule has 0 aromatic heterocycles. The van der Waals surface area contributed by atoms with Crippen molar-refractivity contribution in [3.63, 3.8) is 0 Å². The molecule has 4 nitrogen and oxygen atoms in total. The van der Waals surface area contributed by atoms with Gasteiger partial charge in [-0.05, 0) is 82.6 Å². The van der Waals surface area contributed by atoms with E-state index < -0.39 is 0 Å². The van der Waals surface area contributed by atoms with Gasteiger partial charge in [0.15, 0.2) is 0 Å². The van der Waals surface area contributed by atoms with Gasteiger partial charge in [-0.15, -0.1) is 11.6 Å². The number of aliphatic hydroxyl groups is 1. The number of hydrogen-bond acceptors (Lipinski definition) is 4. The van der Waals surface area contributed by atoms with Crippen molar-refractivity contribution < 1.29 is 19.4 Å². The lowest BCUT2D eigenvalue weighted by atomic mass is 10.1. The Bertz CT molecular complexity index is 631. The van der Waals surface area contributed by atoms with Crippen LogP contribution in [0.3, 0.4) is 0 Å². The minimum absolute atomic E-state index is 0.0132. The van der Waals surface area contributed by atoms with Crippen LogP contribution in [-0.2, 0) is 16.1 Å². The number of aliphatic hydroxyl groups excluding tert-OH is 1. The molecule has 0 aliphatic heterocycles. The summed E-state index contributed by atoms with van der Waals surface area (Å²) in [5, 5.41) is 9.96. The Morgan fingerprint density at radius 3 is 2.66 bits per heavy atom. The van der Waals surface area contributed by atoms with Gasteiger partial charge in [-0.25, -0.2) is 0 Å². The quantitative estimate of drug-likeness (QED) is 0.210. The SMILES string of the molecule is C/C=C\CCCC(=O)OC(C)C.OCc1cc(Cl)cc(OCC2CCC(Cl)C2)c1. The molecular weight excluding hydrogens is 411 g/mol. The van der Waals surface area contributed by atoms with Gasteiger partial charge in [0.05, 0.1) is 19.3 Å². The van der Waals surface area contributed by atoms with Crippen molar-refractivity contribution in [1.82, 2.24) is 0 Å². The van der Waals surface area contributed by atoms with Crippen LogP contribution in [0.15, 0.2) is 30.4 Å². The lowest BCUT2D eigenvalue weighted by molar-refractivity contribution is -0.147. The van der Waals surface area contributed by atoms with Crippen LogP contribution in [0, 0.1) is 5.92 Å². The molecule has 1 aliphatic rings. The van der Waals surface area contributed by atoms with E-state index in [0.29, 0.717) is 29.3 Å². The fraction of sp³-hybridized carbons (Fsp3) is 0.609. The lowest BCUT2D eigenvalue weighted by Crippen LogP contribution is -2.10. The average molecular weight is 445 g/mol. The highest BCUT2D eigenvalue weighted by Gasteiger charge is 2.23. The molecule has 29 heavy (non-hydrogen) atoms. The first-order valence-corrected chi connectivity index (χ1v) is 11.1. The van der Waals surface area contributed by atoms with E-state index in [2.05, 4.69) is 6.08 Å². The molecule has 0 amide bonds. The molecule has 2 unspecified atom stereocenters. The third-order valence-corrected chi connectivity index (χ3v) is 5.05. The Balaban J connectivity index is 0.000000311. The van der Waals surface area contributed by atoms with Crippen molar-refractivity contribution in [2.45, 2.75) is 77.4 Å². The predicted molar refractivity (Wildman–Crippen MR) is 120 cm³/mol. The van der Waals surface area contributed by atoms with Gasteiger partial charge < -0.3 is 14.6 Å². The Morgan fingerprint density at radius 2 is 2.07 bits per heavy atom. The highest BCUT2D eigenvalue weighted by molar-refractivity contribution is 6.30. The highest BCUT2D eigenvalue weighted by atomic mass is 35.5. The summed E-state index contributed by atoms with van der Waals surface area (Å²) in [5.74, 6) is 1.17. The van der Waals surface area contributed by atoms with Gasteiger partial charge in [-0.2, -0.15) is 0 Å². The number of halogens is 2. The summed E-state index contributed by atoms with van der Waals surface area (Å²) >= 11 is 12.0. The number of alkyl halides is 1. The first-order chi connectivity index (χ1) is 13.8. The third kappa shape index (κ3) is 12.1. The van der Waals surface area contributed by atoms with Gasteiger partial charge in [0, 0.05) is 16.8 Å². The standard InChI is InChI=1S/C13H16Cl2O2.C10H18O2/c14-11-2-1-9(3-11)8-17-13-5-10(7-16)4-12(15)6-13;1-4-5-6-7-8-10(11)12-9(2)3/h4-6,9,11,16H,1-3,7-8H2;4-5,9H,6-8H2,1-3H3/b;5-4-. The number of esters is 1.